The van der Waals surface area contributed by atoms with Crippen LogP contribution in [-0.2, 0) is 14.3 Å². The minimum absolute atomic E-state index is 0.0302. The van der Waals surface area contributed by atoms with Crippen LogP contribution < -0.4 is 10.6 Å². The third kappa shape index (κ3) is 2.97. The van der Waals surface area contributed by atoms with Crippen molar-refractivity contribution in [2.45, 2.75) is 45.6 Å². The van der Waals surface area contributed by atoms with E-state index >= 15 is 0 Å². The zero-order valence-electron chi connectivity index (χ0n) is 12.7. The molecule has 0 aromatic heterocycles. The normalized spacial score (nSPS) is 26.6. The van der Waals surface area contributed by atoms with Crippen molar-refractivity contribution in [3.8, 4) is 0 Å². The van der Waals surface area contributed by atoms with Gasteiger partial charge < -0.3 is 15.4 Å². The van der Waals surface area contributed by atoms with E-state index in [0.717, 1.165) is 38.8 Å². The summed E-state index contributed by atoms with van der Waals surface area (Å²) >= 11 is 0. The SMILES string of the molecule is CCC(C)C(NC(=O)C1CC12CCNCC2)C(=O)OC. The first-order chi connectivity index (χ1) is 9.54. The van der Waals surface area contributed by atoms with Gasteiger partial charge in [0.05, 0.1) is 7.11 Å². The lowest BCUT2D eigenvalue weighted by Gasteiger charge is -2.25. The minimum atomic E-state index is -0.517. The fraction of sp³-hybridized carbons (Fsp3) is 0.867. The lowest BCUT2D eigenvalue weighted by molar-refractivity contribution is -0.146. The molecule has 1 aliphatic heterocycles. The number of nitrogens with one attached hydrogen (secondary N) is 2. The zero-order valence-corrected chi connectivity index (χ0v) is 12.7. The van der Waals surface area contributed by atoms with Crippen LogP contribution in [0.3, 0.4) is 0 Å². The Morgan fingerprint density at radius 1 is 1.40 bits per heavy atom. The Kier molecular flexibility index (Phi) is 4.68. The second kappa shape index (κ2) is 6.12. The van der Waals surface area contributed by atoms with E-state index in [0.29, 0.717) is 0 Å². The van der Waals surface area contributed by atoms with Gasteiger partial charge in [0.1, 0.15) is 6.04 Å². The molecule has 1 amide bonds. The topological polar surface area (TPSA) is 67.4 Å². The highest BCUT2D eigenvalue weighted by atomic mass is 16.5. The summed E-state index contributed by atoms with van der Waals surface area (Å²) in [5.41, 5.74) is 0.200. The molecule has 114 valence electrons. The van der Waals surface area contributed by atoms with Crippen LogP contribution in [0.4, 0.5) is 0 Å². The molecule has 1 saturated carbocycles. The van der Waals surface area contributed by atoms with E-state index in [9.17, 15) is 9.59 Å². The van der Waals surface area contributed by atoms with Gasteiger partial charge in [-0.15, -0.1) is 0 Å². The Labute approximate surface area is 120 Å². The van der Waals surface area contributed by atoms with E-state index in [1.807, 2.05) is 13.8 Å². The molecule has 3 atom stereocenters. The van der Waals surface area contributed by atoms with Crippen LogP contribution in [0.15, 0.2) is 0 Å². The van der Waals surface area contributed by atoms with Crippen molar-refractivity contribution in [1.82, 2.24) is 10.6 Å². The van der Waals surface area contributed by atoms with E-state index < -0.39 is 6.04 Å². The van der Waals surface area contributed by atoms with E-state index in [2.05, 4.69) is 10.6 Å². The molecule has 2 N–H and O–H groups in total. The zero-order chi connectivity index (χ0) is 14.8. The molecular formula is C15H26N2O3. The van der Waals surface area contributed by atoms with Gasteiger partial charge in [-0.2, -0.15) is 0 Å². The maximum absolute atomic E-state index is 12.4. The summed E-state index contributed by atoms with van der Waals surface area (Å²) in [5.74, 6) is -0.134. The summed E-state index contributed by atoms with van der Waals surface area (Å²) in [6.45, 7) is 5.97. The molecule has 0 bridgehead atoms. The Balaban J connectivity index is 1.94. The van der Waals surface area contributed by atoms with Crippen LogP contribution in [0.5, 0.6) is 0 Å². The van der Waals surface area contributed by atoms with Gasteiger partial charge in [0.25, 0.3) is 0 Å². The third-order valence-corrected chi connectivity index (χ3v) is 5.07. The number of methoxy groups -OCH3 is 1. The molecule has 20 heavy (non-hydrogen) atoms. The Bertz CT molecular complexity index is 377. The molecule has 1 saturated heterocycles. The van der Waals surface area contributed by atoms with Crippen LogP contribution >= 0.6 is 0 Å². The van der Waals surface area contributed by atoms with Gasteiger partial charge in [0, 0.05) is 5.92 Å². The molecule has 0 radical (unpaired) electrons. The monoisotopic (exact) mass is 282 g/mol. The van der Waals surface area contributed by atoms with Crippen LogP contribution in [0.1, 0.15) is 39.5 Å². The van der Waals surface area contributed by atoms with E-state index in [1.54, 1.807) is 0 Å². The second-order valence-electron chi connectivity index (χ2n) is 6.26. The van der Waals surface area contributed by atoms with E-state index in [4.69, 9.17) is 4.74 Å². The average molecular weight is 282 g/mol. The van der Waals surface area contributed by atoms with Crippen molar-refractivity contribution >= 4 is 11.9 Å². The van der Waals surface area contributed by atoms with Crippen molar-refractivity contribution in [2.75, 3.05) is 20.2 Å². The quantitative estimate of drug-likeness (QED) is 0.741. The van der Waals surface area contributed by atoms with Gasteiger partial charge in [-0.1, -0.05) is 20.3 Å². The Morgan fingerprint density at radius 2 is 2.05 bits per heavy atom. The molecule has 2 rings (SSSR count). The first-order valence-corrected chi connectivity index (χ1v) is 7.63. The van der Waals surface area contributed by atoms with Gasteiger partial charge in [0.2, 0.25) is 5.91 Å². The highest BCUT2D eigenvalue weighted by molar-refractivity contribution is 5.88. The highest BCUT2D eigenvalue weighted by Crippen LogP contribution is 2.58. The van der Waals surface area contributed by atoms with Crippen LogP contribution in [0, 0.1) is 17.3 Å². The number of hydrogen-bond donors (Lipinski definition) is 2. The maximum Gasteiger partial charge on any atom is 0.328 e. The maximum atomic E-state index is 12.4. The largest absolute Gasteiger partial charge is 0.467 e. The van der Waals surface area contributed by atoms with Gasteiger partial charge in [-0.3, -0.25) is 4.79 Å². The van der Waals surface area contributed by atoms with E-state index in [1.165, 1.54) is 7.11 Å². The molecule has 2 aliphatic rings. The minimum Gasteiger partial charge on any atom is -0.467 e. The average Bonchev–Trinajstić information content (AvgIpc) is 3.17. The molecule has 1 spiro atoms. The molecular weight excluding hydrogens is 256 g/mol. The Hall–Kier alpha value is -1.10. The molecule has 5 nitrogen and oxygen atoms in total. The van der Waals surface area contributed by atoms with Gasteiger partial charge in [-0.05, 0) is 43.7 Å². The number of rotatable bonds is 5. The fourth-order valence-corrected chi connectivity index (χ4v) is 3.25. The predicted octanol–water partition coefficient (Wildman–Crippen LogP) is 1.08. The molecule has 2 fully saturated rings. The molecule has 3 unspecified atom stereocenters. The molecule has 1 heterocycles. The summed E-state index contributed by atoms with van der Waals surface area (Å²) in [4.78, 5) is 24.2. The predicted molar refractivity (Wildman–Crippen MR) is 76.0 cm³/mol. The highest BCUT2D eigenvalue weighted by Gasteiger charge is 2.58. The lowest BCUT2D eigenvalue weighted by atomic mass is 9.91. The van der Waals surface area contributed by atoms with Gasteiger partial charge >= 0.3 is 5.97 Å². The number of carbonyl (C=O) groups is 2. The first-order valence-electron chi connectivity index (χ1n) is 7.63. The number of esters is 1. The summed E-state index contributed by atoms with van der Waals surface area (Å²) in [6.07, 6.45) is 3.93. The number of amides is 1. The molecule has 0 aromatic carbocycles. The molecule has 5 heteroatoms. The van der Waals surface area contributed by atoms with Crippen LogP contribution in [-0.4, -0.2) is 38.1 Å². The number of hydrogen-bond acceptors (Lipinski definition) is 4. The number of ether oxygens (including phenoxy) is 1. The van der Waals surface area contributed by atoms with Crippen molar-refractivity contribution in [1.29, 1.82) is 0 Å². The summed E-state index contributed by atoms with van der Waals surface area (Å²) in [7, 11) is 1.37. The summed E-state index contributed by atoms with van der Waals surface area (Å²) < 4.78 is 4.81. The van der Waals surface area contributed by atoms with Crippen LogP contribution in [0.2, 0.25) is 0 Å². The number of carbonyl (C=O) groups excluding carboxylic acids is 2. The number of piperidine rings is 1. The smallest absolute Gasteiger partial charge is 0.328 e. The van der Waals surface area contributed by atoms with Crippen molar-refractivity contribution < 1.29 is 14.3 Å². The molecule has 0 aromatic rings. The summed E-state index contributed by atoms with van der Waals surface area (Å²) in [6, 6.07) is -0.517. The lowest BCUT2D eigenvalue weighted by Crippen LogP contribution is -2.47. The standard InChI is InChI=1S/C15H26N2O3/c1-4-10(2)12(14(19)20-3)17-13(18)11-9-15(11)5-7-16-8-6-15/h10-12,16H,4-9H2,1-3H3,(H,17,18). The Morgan fingerprint density at radius 3 is 2.60 bits per heavy atom. The van der Waals surface area contributed by atoms with Crippen molar-refractivity contribution in [3.05, 3.63) is 0 Å². The fourth-order valence-electron chi connectivity index (χ4n) is 3.25. The van der Waals surface area contributed by atoms with Crippen molar-refractivity contribution in [3.63, 3.8) is 0 Å². The summed E-state index contributed by atoms with van der Waals surface area (Å²) in [5, 5.41) is 6.25. The third-order valence-electron chi connectivity index (χ3n) is 5.07. The first kappa shape index (κ1) is 15.3. The van der Waals surface area contributed by atoms with E-state index in [-0.39, 0.29) is 29.1 Å². The molecule has 1 aliphatic carbocycles. The van der Waals surface area contributed by atoms with Crippen LogP contribution in [0.25, 0.3) is 0 Å². The van der Waals surface area contributed by atoms with Crippen molar-refractivity contribution in [2.24, 2.45) is 17.3 Å². The second-order valence-corrected chi connectivity index (χ2v) is 6.26. The van der Waals surface area contributed by atoms with Gasteiger partial charge in [0.15, 0.2) is 0 Å². The van der Waals surface area contributed by atoms with Gasteiger partial charge in [-0.25, -0.2) is 4.79 Å².